The van der Waals surface area contributed by atoms with Crippen LogP contribution in [0.3, 0.4) is 0 Å². The number of nitrogens with two attached hydrogens (primary N) is 1. The molecule has 0 aliphatic heterocycles. The van der Waals surface area contributed by atoms with E-state index in [1.54, 1.807) is 11.8 Å². The van der Waals surface area contributed by atoms with Crippen LogP contribution in [0.4, 0.5) is 0 Å². The van der Waals surface area contributed by atoms with Gasteiger partial charge in [0.25, 0.3) is 0 Å². The van der Waals surface area contributed by atoms with Crippen LogP contribution in [0, 0.1) is 13.8 Å². The van der Waals surface area contributed by atoms with Crippen LogP contribution >= 0.6 is 11.8 Å². The van der Waals surface area contributed by atoms with Crippen LogP contribution in [-0.4, -0.2) is 4.98 Å². The monoisotopic (exact) mass is 258 g/mol. The number of hydrogen-bond donors (Lipinski definition) is 1. The number of rotatable bonds is 4. The maximum atomic E-state index is 5.59. The van der Waals surface area contributed by atoms with E-state index in [1.165, 1.54) is 16.7 Å². The summed E-state index contributed by atoms with van der Waals surface area (Å²) in [5.41, 5.74) is 10.5. The number of aromatic nitrogens is 1. The highest BCUT2D eigenvalue weighted by molar-refractivity contribution is 7.98. The van der Waals surface area contributed by atoms with E-state index < -0.39 is 0 Å². The molecule has 94 valence electrons. The molecule has 2 N–H and O–H groups in total. The van der Waals surface area contributed by atoms with E-state index in [0.717, 1.165) is 16.5 Å². The summed E-state index contributed by atoms with van der Waals surface area (Å²) in [5.74, 6) is 0.948. The van der Waals surface area contributed by atoms with Gasteiger partial charge in [-0.1, -0.05) is 35.4 Å². The van der Waals surface area contributed by atoms with Crippen LogP contribution in [0.2, 0.25) is 0 Å². The smallest absolute Gasteiger partial charge is 0.0966 e. The second-order valence-electron chi connectivity index (χ2n) is 4.46. The van der Waals surface area contributed by atoms with Gasteiger partial charge in [0.15, 0.2) is 0 Å². The molecule has 3 heteroatoms. The molecule has 1 heterocycles. The maximum Gasteiger partial charge on any atom is 0.0966 e. The Kier molecular flexibility index (Phi) is 4.39. The second kappa shape index (κ2) is 6.03. The lowest BCUT2D eigenvalue weighted by molar-refractivity contribution is 0.941. The van der Waals surface area contributed by atoms with Crippen molar-refractivity contribution >= 4 is 11.8 Å². The van der Waals surface area contributed by atoms with Crippen molar-refractivity contribution in [3.8, 4) is 0 Å². The maximum absolute atomic E-state index is 5.59. The molecule has 0 radical (unpaired) electrons. The standard InChI is InChI=1S/C15H18N2S/c1-11-6-12(2)8-13(7-11)10-18-15-5-3-4-14(9-16)17-15/h3-8H,9-10,16H2,1-2H3. The van der Waals surface area contributed by atoms with Crippen LogP contribution < -0.4 is 5.73 Å². The largest absolute Gasteiger partial charge is 0.325 e. The third-order valence-electron chi connectivity index (χ3n) is 2.66. The molecule has 0 fully saturated rings. The number of hydrogen-bond acceptors (Lipinski definition) is 3. The van der Waals surface area contributed by atoms with Crippen LogP contribution in [0.15, 0.2) is 41.4 Å². The molecule has 0 amide bonds. The highest BCUT2D eigenvalue weighted by Crippen LogP contribution is 2.22. The molecule has 1 aromatic carbocycles. The molecular formula is C15H18N2S. The zero-order chi connectivity index (χ0) is 13.0. The van der Waals surface area contributed by atoms with Gasteiger partial charge in [-0.15, -0.1) is 11.8 Å². The third kappa shape index (κ3) is 3.59. The van der Waals surface area contributed by atoms with Gasteiger partial charge in [0.1, 0.15) is 0 Å². The van der Waals surface area contributed by atoms with Crippen molar-refractivity contribution in [2.75, 3.05) is 0 Å². The van der Waals surface area contributed by atoms with E-state index in [1.807, 2.05) is 18.2 Å². The molecule has 0 atom stereocenters. The van der Waals surface area contributed by atoms with Gasteiger partial charge in [-0.05, 0) is 31.5 Å². The van der Waals surface area contributed by atoms with E-state index in [4.69, 9.17) is 5.73 Å². The number of nitrogens with zero attached hydrogens (tertiary/aromatic N) is 1. The highest BCUT2D eigenvalue weighted by Gasteiger charge is 2.00. The van der Waals surface area contributed by atoms with Crippen LogP contribution in [0.25, 0.3) is 0 Å². The predicted molar refractivity (Wildman–Crippen MR) is 77.6 cm³/mol. The average Bonchev–Trinajstić information content (AvgIpc) is 2.35. The molecule has 18 heavy (non-hydrogen) atoms. The van der Waals surface area contributed by atoms with Crippen molar-refractivity contribution in [2.24, 2.45) is 5.73 Å². The van der Waals surface area contributed by atoms with Crippen LogP contribution in [0.5, 0.6) is 0 Å². The summed E-state index contributed by atoms with van der Waals surface area (Å²) < 4.78 is 0. The molecule has 1 aromatic heterocycles. The topological polar surface area (TPSA) is 38.9 Å². The van der Waals surface area contributed by atoms with Gasteiger partial charge >= 0.3 is 0 Å². The molecule has 2 nitrogen and oxygen atoms in total. The highest BCUT2D eigenvalue weighted by atomic mass is 32.2. The first-order valence-corrected chi connectivity index (χ1v) is 7.02. The first-order valence-electron chi connectivity index (χ1n) is 6.03. The summed E-state index contributed by atoms with van der Waals surface area (Å²) in [6.45, 7) is 4.76. The number of pyridine rings is 1. The lowest BCUT2D eigenvalue weighted by Gasteiger charge is -2.05. The van der Waals surface area contributed by atoms with Gasteiger partial charge in [-0.25, -0.2) is 4.98 Å². The van der Waals surface area contributed by atoms with Crippen molar-refractivity contribution in [1.82, 2.24) is 4.98 Å². The summed E-state index contributed by atoms with van der Waals surface area (Å²) in [6.07, 6.45) is 0. The average molecular weight is 258 g/mol. The minimum absolute atomic E-state index is 0.498. The first-order chi connectivity index (χ1) is 8.67. The van der Waals surface area contributed by atoms with E-state index in [9.17, 15) is 0 Å². The fourth-order valence-electron chi connectivity index (χ4n) is 1.96. The minimum Gasteiger partial charge on any atom is -0.325 e. The fourth-order valence-corrected chi connectivity index (χ4v) is 2.80. The van der Waals surface area contributed by atoms with Gasteiger partial charge in [0.05, 0.1) is 10.7 Å². The lowest BCUT2D eigenvalue weighted by Crippen LogP contribution is -1.99. The van der Waals surface area contributed by atoms with E-state index in [0.29, 0.717) is 6.54 Å². The normalized spacial score (nSPS) is 10.6. The minimum atomic E-state index is 0.498. The molecule has 2 aromatic rings. The fraction of sp³-hybridized carbons (Fsp3) is 0.267. The van der Waals surface area contributed by atoms with Crippen LogP contribution in [0.1, 0.15) is 22.4 Å². The molecule has 0 unspecified atom stereocenters. The number of benzene rings is 1. The Hall–Kier alpha value is -1.32. The third-order valence-corrected chi connectivity index (χ3v) is 3.66. The predicted octanol–water partition coefficient (Wildman–Crippen LogP) is 3.45. The van der Waals surface area contributed by atoms with Crippen molar-refractivity contribution in [3.05, 3.63) is 58.8 Å². The SMILES string of the molecule is Cc1cc(C)cc(CSc2cccc(CN)n2)c1. The lowest BCUT2D eigenvalue weighted by atomic mass is 10.1. The van der Waals surface area contributed by atoms with Gasteiger partial charge in [0.2, 0.25) is 0 Å². The summed E-state index contributed by atoms with van der Waals surface area (Å²) in [7, 11) is 0. The molecule has 0 saturated carbocycles. The molecule has 0 aliphatic rings. The van der Waals surface area contributed by atoms with Crippen molar-refractivity contribution in [3.63, 3.8) is 0 Å². The molecule has 0 bridgehead atoms. The van der Waals surface area contributed by atoms with Crippen molar-refractivity contribution < 1.29 is 0 Å². The Balaban J connectivity index is 2.06. The van der Waals surface area contributed by atoms with Gasteiger partial charge in [0, 0.05) is 12.3 Å². The molecule has 0 saturated heterocycles. The van der Waals surface area contributed by atoms with Gasteiger partial charge in [-0.3, -0.25) is 0 Å². The Morgan fingerprint density at radius 2 is 1.83 bits per heavy atom. The Morgan fingerprint density at radius 1 is 1.11 bits per heavy atom. The van der Waals surface area contributed by atoms with Gasteiger partial charge < -0.3 is 5.73 Å². The molecule has 2 rings (SSSR count). The Morgan fingerprint density at radius 3 is 2.50 bits per heavy atom. The van der Waals surface area contributed by atoms with E-state index in [2.05, 4.69) is 37.0 Å². The summed E-state index contributed by atoms with van der Waals surface area (Å²) in [5, 5.41) is 1.04. The van der Waals surface area contributed by atoms with Gasteiger partial charge in [-0.2, -0.15) is 0 Å². The first kappa shape index (κ1) is 13.1. The zero-order valence-corrected chi connectivity index (χ0v) is 11.6. The summed E-state index contributed by atoms with van der Waals surface area (Å²) >= 11 is 1.75. The molecule has 0 aliphatic carbocycles. The number of aryl methyl sites for hydroxylation is 2. The van der Waals surface area contributed by atoms with Crippen molar-refractivity contribution in [2.45, 2.75) is 31.2 Å². The van der Waals surface area contributed by atoms with Crippen molar-refractivity contribution in [1.29, 1.82) is 0 Å². The van der Waals surface area contributed by atoms with Crippen LogP contribution in [-0.2, 0) is 12.3 Å². The Bertz CT molecular complexity index is 518. The second-order valence-corrected chi connectivity index (χ2v) is 5.45. The Labute approximate surface area is 113 Å². The molecule has 0 spiro atoms. The van der Waals surface area contributed by atoms with E-state index >= 15 is 0 Å². The summed E-state index contributed by atoms with van der Waals surface area (Å²) in [4.78, 5) is 4.49. The quantitative estimate of drug-likeness (QED) is 0.854. The summed E-state index contributed by atoms with van der Waals surface area (Å²) in [6, 6.07) is 12.7. The molecular weight excluding hydrogens is 240 g/mol. The number of thioether (sulfide) groups is 1. The van der Waals surface area contributed by atoms with E-state index in [-0.39, 0.29) is 0 Å². The zero-order valence-electron chi connectivity index (χ0n) is 10.8.